The monoisotopic (exact) mass is 1230 g/mol. The van der Waals surface area contributed by atoms with Gasteiger partial charge < -0.3 is 0 Å². The van der Waals surface area contributed by atoms with Crippen LogP contribution < -0.4 is 0 Å². The van der Waals surface area contributed by atoms with Crippen LogP contribution in [0, 0.1) is 0 Å². The predicted molar refractivity (Wildman–Crippen MR) is 391 cm³/mol. The molecule has 16 rings (SSSR count). The fourth-order valence-electron chi connectivity index (χ4n) is 12.0. The van der Waals surface area contributed by atoms with Crippen LogP contribution in [-0.4, -0.2) is 39.9 Å². The van der Waals surface area contributed by atoms with Gasteiger partial charge in [-0.05, 0) is 186 Å². The van der Waals surface area contributed by atoms with E-state index in [9.17, 15) is 0 Å². The van der Waals surface area contributed by atoms with Gasteiger partial charge in [0.05, 0.1) is 28.5 Å². The second-order valence-electron chi connectivity index (χ2n) is 23.3. The maximum Gasteiger partial charge on any atom is 0.159 e. The Labute approximate surface area is 558 Å². The van der Waals surface area contributed by atoms with Gasteiger partial charge in [-0.1, -0.05) is 218 Å². The van der Waals surface area contributed by atoms with Crippen LogP contribution in [0.3, 0.4) is 0 Å². The van der Waals surface area contributed by atoms with E-state index >= 15 is 0 Å². The molecule has 0 radical (unpaired) electrons. The van der Waals surface area contributed by atoms with E-state index < -0.39 is 0 Å². The second kappa shape index (κ2) is 27.8. The van der Waals surface area contributed by atoms with Crippen LogP contribution in [0.5, 0.6) is 0 Å². The van der Waals surface area contributed by atoms with E-state index in [1.807, 2.05) is 85.5 Å². The molecule has 10 aromatic carbocycles. The van der Waals surface area contributed by atoms with E-state index in [4.69, 9.17) is 9.97 Å². The first-order valence-corrected chi connectivity index (χ1v) is 31.9. The quantitative estimate of drug-likeness (QED) is 0.106. The summed E-state index contributed by atoms with van der Waals surface area (Å²) < 4.78 is 0. The Morgan fingerprint density at radius 3 is 0.708 bits per heavy atom. The number of rotatable bonds is 14. The number of hydrogen-bond acceptors (Lipinski definition) is 8. The highest BCUT2D eigenvalue weighted by Crippen LogP contribution is 2.40. The van der Waals surface area contributed by atoms with Crippen molar-refractivity contribution in [3.63, 3.8) is 0 Å². The fraction of sp³-hybridized carbons (Fsp3) is 0. The highest BCUT2D eigenvalue weighted by Gasteiger charge is 2.16. The Balaban J connectivity index is 0.000000158. The maximum atomic E-state index is 5.12. The van der Waals surface area contributed by atoms with Crippen LogP contribution in [0.1, 0.15) is 0 Å². The minimum absolute atomic E-state index is 0.714. The lowest BCUT2D eigenvalue weighted by molar-refractivity contribution is 1.17. The molecule has 0 saturated heterocycles. The third-order valence-corrected chi connectivity index (χ3v) is 17.1. The van der Waals surface area contributed by atoms with Crippen LogP contribution >= 0.6 is 0 Å². The van der Waals surface area contributed by atoms with E-state index in [2.05, 4.69) is 285 Å². The van der Waals surface area contributed by atoms with E-state index in [-0.39, 0.29) is 0 Å². The van der Waals surface area contributed by atoms with Crippen molar-refractivity contribution in [2.45, 2.75) is 0 Å². The second-order valence-corrected chi connectivity index (χ2v) is 23.3. The van der Waals surface area contributed by atoms with E-state index in [0.717, 1.165) is 151 Å². The molecule has 0 aliphatic heterocycles. The average Bonchev–Trinajstić information content (AvgIpc) is 0.827. The van der Waals surface area contributed by atoms with Crippen LogP contribution in [0.15, 0.2) is 365 Å². The zero-order valence-electron chi connectivity index (χ0n) is 52.2. The van der Waals surface area contributed by atoms with E-state index in [1.165, 1.54) is 0 Å². The summed E-state index contributed by atoms with van der Waals surface area (Å²) >= 11 is 0. The van der Waals surface area contributed by atoms with Crippen molar-refractivity contribution in [3.05, 3.63) is 365 Å². The van der Waals surface area contributed by atoms with Crippen molar-refractivity contribution >= 4 is 0 Å². The van der Waals surface area contributed by atoms with E-state index in [0.29, 0.717) is 5.82 Å². The summed E-state index contributed by atoms with van der Waals surface area (Å²) in [6, 6.07) is 111. The lowest BCUT2D eigenvalue weighted by Crippen LogP contribution is -1.92. The Kier molecular flexibility index (Phi) is 17.2. The lowest BCUT2D eigenvalue weighted by atomic mass is 9.91. The van der Waals surface area contributed by atoms with Gasteiger partial charge in [0.1, 0.15) is 6.33 Å². The third-order valence-electron chi connectivity index (χ3n) is 17.1. The molecule has 6 heterocycles. The fourth-order valence-corrected chi connectivity index (χ4v) is 12.0. The number of aromatic nitrogens is 8. The molecule has 0 N–H and O–H groups in total. The molecule has 0 spiro atoms. The first-order chi connectivity index (χ1) is 47.5. The Morgan fingerprint density at radius 2 is 0.396 bits per heavy atom. The van der Waals surface area contributed by atoms with E-state index in [1.54, 1.807) is 24.9 Å². The van der Waals surface area contributed by atoms with Crippen LogP contribution in [0.2, 0.25) is 0 Å². The van der Waals surface area contributed by atoms with Gasteiger partial charge in [0.15, 0.2) is 5.82 Å². The molecule has 0 aliphatic rings. The highest BCUT2D eigenvalue weighted by atomic mass is 14.9. The lowest BCUT2D eigenvalue weighted by Gasteiger charge is -2.14. The third kappa shape index (κ3) is 13.6. The molecular formula is C88H60N8. The van der Waals surface area contributed by atoms with Crippen molar-refractivity contribution < 1.29 is 0 Å². The minimum Gasteiger partial charge on any atom is -0.265 e. The van der Waals surface area contributed by atoms with Gasteiger partial charge in [-0.15, -0.1) is 0 Å². The summed E-state index contributed by atoms with van der Waals surface area (Å²) in [6.45, 7) is 0. The average molecular weight is 1230 g/mol. The summed E-state index contributed by atoms with van der Waals surface area (Å²) in [7, 11) is 0. The number of pyridine rings is 4. The Bertz CT molecular complexity index is 4590. The van der Waals surface area contributed by atoms with Crippen molar-refractivity contribution in [1.29, 1.82) is 0 Å². The summed E-state index contributed by atoms with van der Waals surface area (Å²) in [6.07, 6.45) is 14.2. The van der Waals surface area contributed by atoms with Gasteiger partial charge >= 0.3 is 0 Å². The minimum atomic E-state index is 0.714. The molecule has 0 atom stereocenters. The molecule has 6 aromatic heterocycles. The Morgan fingerprint density at radius 1 is 0.146 bits per heavy atom. The van der Waals surface area contributed by atoms with Gasteiger partial charge in [-0.2, -0.15) is 0 Å². The molecule has 0 saturated carbocycles. The maximum absolute atomic E-state index is 5.12. The first kappa shape index (κ1) is 59.3. The zero-order valence-corrected chi connectivity index (χ0v) is 52.2. The number of nitrogens with zero attached hydrogens (tertiary/aromatic N) is 8. The van der Waals surface area contributed by atoms with Crippen molar-refractivity contribution in [2.24, 2.45) is 0 Å². The summed E-state index contributed by atoms with van der Waals surface area (Å²) in [5.41, 5.74) is 29.2. The molecular weight excluding hydrogens is 1170 g/mol. The summed E-state index contributed by atoms with van der Waals surface area (Å²) in [5.74, 6) is 0.714. The molecule has 0 aliphatic carbocycles. The SMILES string of the molecule is c1ccc(-c2cc(-c3cc(-c4ccc(-c5ccncc5)cc4)cc(-c4ccc(-c5ccncn5)cc4)c3)cc(-c3ccccc3)n2)cc1.c1ccc(-c2cc(-c3cc(-c4ccc(-c5ccncc5)cc4)cc(-c4ccc(-c5ncccn5)cc4)c3)cc(-c3ccccc3)n2)cc1. The first-order valence-electron chi connectivity index (χ1n) is 31.9. The van der Waals surface area contributed by atoms with Gasteiger partial charge in [-0.25, -0.2) is 29.9 Å². The van der Waals surface area contributed by atoms with Crippen molar-refractivity contribution in [2.75, 3.05) is 0 Å². The van der Waals surface area contributed by atoms with Gasteiger partial charge in [-0.3, -0.25) is 9.97 Å². The standard InChI is InChI=1S/2C44H30N4/c1-3-8-35(9-4-1)42-29-41(30-43(48-42)36-10-5-2-6-11-36)40-27-38(32-14-12-31(13-15-32)34-20-24-45-25-21-34)26-39(28-40)33-16-18-37(19-17-33)44-46-22-7-23-47-44;1-3-7-35(8-4-1)43-28-41(29-44(48-43)36-9-5-2-6-10-36)40-26-38(32-13-11-31(12-14-32)34-19-22-45-23-20-34)25-39(27-40)33-15-17-37(18-16-33)42-21-24-46-30-47-42/h2*1-30H. The molecule has 8 heteroatoms. The number of benzene rings is 10. The zero-order chi connectivity index (χ0) is 64.2. The topological polar surface area (TPSA) is 103 Å². The molecule has 0 fully saturated rings. The van der Waals surface area contributed by atoms with Crippen LogP contribution in [-0.2, 0) is 0 Å². The molecule has 16 aromatic rings. The summed E-state index contributed by atoms with van der Waals surface area (Å²) in [5, 5.41) is 0. The Hall–Kier alpha value is -13.0. The van der Waals surface area contributed by atoms with Crippen LogP contribution in [0.25, 0.3) is 157 Å². The largest absolute Gasteiger partial charge is 0.265 e. The van der Waals surface area contributed by atoms with Gasteiger partial charge in [0.2, 0.25) is 0 Å². The van der Waals surface area contributed by atoms with Crippen molar-refractivity contribution in [1.82, 2.24) is 39.9 Å². The van der Waals surface area contributed by atoms with Gasteiger partial charge in [0.25, 0.3) is 0 Å². The molecule has 0 amide bonds. The van der Waals surface area contributed by atoms with Crippen molar-refractivity contribution in [3.8, 4) is 157 Å². The molecule has 0 unspecified atom stereocenters. The van der Waals surface area contributed by atoms with Crippen LogP contribution in [0.4, 0.5) is 0 Å². The molecule has 452 valence electrons. The predicted octanol–water partition coefficient (Wildman–Crippen LogP) is 21.9. The summed E-state index contributed by atoms with van der Waals surface area (Å²) in [4.78, 5) is 36.0. The van der Waals surface area contributed by atoms with Gasteiger partial charge in [0, 0.05) is 76.8 Å². The molecule has 0 bridgehead atoms. The molecule has 96 heavy (non-hydrogen) atoms. The smallest absolute Gasteiger partial charge is 0.159 e. The molecule has 8 nitrogen and oxygen atoms in total. The highest BCUT2D eigenvalue weighted by molar-refractivity contribution is 5.88. The normalized spacial score (nSPS) is 10.9. The number of hydrogen-bond donors (Lipinski definition) is 0.